The zero-order valence-electron chi connectivity index (χ0n) is 14.8. The maximum absolute atomic E-state index is 12.2. The Kier molecular flexibility index (Phi) is 6.24. The van der Waals surface area contributed by atoms with E-state index in [1.807, 2.05) is 57.2 Å². The zero-order chi connectivity index (χ0) is 17.5. The van der Waals surface area contributed by atoms with Crippen molar-refractivity contribution in [2.75, 3.05) is 17.2 Å². The third kappa shape index (κ3) is 5.01. The second-order valence-corrected chi connectivity index (χ2v) is 6.06. The Hall–Kier alpha value is -2.49. The second-order valence-electron chi connectivity index (χ2n) is 6.06. The maximum atomic E-state index is 12.2. The van der Waals surface area contributed by atoms with Gasteiger partial charge in [0.1, 0.15) is 5.75 Å². The van der Waals surface area contributed by atoms with E-state index >= 15 is 0 Å². The molecule has 128 valence electrons. The second kappa shape index (κ2) is 8.39. The fraction of sp³-hybridized carbons (Fsp3) is 0.350. The van der Waals surface area contributed by atoms with Crippen molar-refractivity contribution in [3.8, 4) is 5.75 Å². The van der Waals surface area contributed by atoms with E-state index in [-0.39, 0.29) is 18.6 Å². The van der Waals surface area contributed by atoms with Gasteiger partial charge < -0.3 is 15.4 Å². The van der Waals surface area contributed by atoms with Crippen LogP contribution in [-0.4, -0.2) is 18.6 Å². The molecule has 2 aromatic rings. The van der Waals surface area contributed by atoms with Crippen molar-refractivity contribution < 1.29 is 9.53 Å². The van der Waals surface area contributed by atoms with Gasteiger partial charge in [-0.05, 0) is 50.5 Å². The van der Waals surface area contributed by atoms with Crippen LogP contribution in [0.2, 0.25) is 0 Å². The molecular formula is C20H26N2O2. The number of rotatable bonds is 7. The maximum Gasteiger partial charge on any atom is 0.243 e. The number of hydrogen-bond donors (Lipinski definition) is 2. The predicted molar refractivity (Wildman–Crippen MR) is 99.9 cm³/mol. The highest BCUT2D eigenvalue weighted by atomic mass is 16.5. The van der Waals surface area contributed by atoms with Crippen LogP contribution in [0.4, 0.5) is 11.4 Å². The number of nitrogens with one attached hydrogen (secondary N) is 2. The molecule has 2 aromatic carbocycles. The summed E-state index contributed by atoms with van der Waals surface area (Å²) in [5, 5.41) is 6.16. The predicted octanol–water partition coefficient (Wildman–Crippen LogP) is 4.40. The van der Waals surface area contributed by atoms with Gasteiger partial charge in [-0.1, -0.05) is 31.2 Å². The molecule has 4 nitrogen and oxygen atoms in total. The summed E-state index contributed by atoms with van der Waals surface area (Å²) in [4.78, 5) is 12.2. The molecule has 0 radical (unpaired) electrons. The Morgan fingerprint density at radius 3 is 2.62 bits per heavy atom. The summed E-state index contributed by atoms with van der Waals surface area (Å²) in [5.41, 5.74) is 4.15. The molecule has 0 aliphatic carbocycles. The lowest BCUT2D eigenvalue weighted by Crippen LogP contribution is -2.22. The van der Waals surface area contributed by atoms with E-state index in [0.29, 0.717) is 0 Å². The number of anilines is 2. The molecule has 24 heavy (non-hydrogen) atoms. The molecule has 0 bridgehead atoms. The smallest absolute Gasteiger partial charge is 0.243 e. The first-order valence-electron chi connectivity index (χ1n) is 8.38. The van der Waals surface area contributed by atoms with Gasteiger partial charge in [-0.15, -0.1) is 0 Å². The highest BCUT2D eigenvalue weighted by Crippen LogP contribution is 2.21. The van der Waals surface area contributed by atoms with E-state index < -0.39 is 0 Å². The van der Waals surface area contributed by atoms with Crippen LogP contribution in [0.1, 0.15) is 31.9 Å². The first-order chi connectivity index (χ1) is 11.5. The molecule has 2 N–H and O–H groups in total. The fourth-order valence-corrected chi connectivity index (χ4v) is 2.57. The number of aryl methyl sites for hydroxylation is 2. The van der Waals surface area contributed by atoms with Crippen LogP contribution >= 0.6 is 0 Å². The van der Waals surface area contributed by atoms with Crippen LogP contribution in [0.25, 0.3) is 0 Å². The highest BCUT2D eigenvalue weighted by molar-refractivity contribution is 5.94. The summed E-state index contributed by atoms with van der Waals surface area (Å²) in [5.74, 6) is 0.671. The summed E-state index contributed by atoms with van der Waals surface area (Å²) in [6.07, 6.45) is 1.03. The first kappa shape index (κ1) is 17.9. The van der Waals surface area contributed by atoms with E-state index in [1.165, 1.54) is 5.56 Å². The van der Waals surface area contributed by atoms with Gasteiger partial charge >= 0.3 is 0 Å². The molecule has 4 heteroatoms. The zero-order valence-corrected chi connectivity index (χ0v) is 14.8. The number of hydrogen-bond acceptors (Lipinski definition) is 3. The molecule has 0 spiro atoms. The van der Waals surface area contributed by atoms with Crippen molar-refractivity contribution in [2.24, 2.45) is 0 Å². The standard InChI is InChI=1S/C20H26N2O2/c1-5-16-9-6-8-15(4)20(16)21-13-19(23)22-17-10-7-11-18(12-17)24-14(2)3/h6-12,14,21H,5,13H2,1-4H3,(H,22,23). The molecule has 2 rings (SSSR count). The van der Waals surface area contributed by atoms with Crippen LogP contribution in [-0.2, 0) is 11.2 Å². The summed E-state index contributed by atoms with van der Waals surface area (Å²) >= 11 is 0. The summed E-state index contributed by atoms with van der Waals surface area (Å²) in [7, 11) is 0. The minimum Gasteiger partial charge on any atom is -0.491 e. The molecular weight excluding hydrogens is 300 g/mol. The van der Waals surface area contributed by atoms with Gasteiger partial charge in [-0.2, -0.15) is 0 Å². The molecule has 0 unspecified atom stereocenters. The van der Waals surface area contributed by atoms with Gasteiger partial charge in [0.25, 0.3) is 0 Å². The van der Waals surface area contributed by atoms with Gasteiger partial charge in [-0.3, -0.25) is 4.79 Å². The number of carbonyl (C=O) groups excluding carboxylic acids is 1. The van der Waals surface area contributed by atoms with Gasteiger partial charge in [0.15, 0.2) is 0 Å². The van der Waals surface area contributed by atoms with Crippen molar-refractivity contribution in [3.05, 3.63) is 53.6 Å². The topological polar surface area (TPSA) is 50.4 Å². The molecule has 0 aromatic heterocycles. The SMILES string of the molecule is CCc1cccc(C)c1NCC(=O)Nc1cccc(OC(C)C)c1. The molecule has 0 heterocycles. The van der Waals surface area contributed by atoms with Gasteiger partial charge in [-0.25, -0.2) is 0 Å². The van der Waals surface area contributed by atoms with Crippen LogP contribution < -0.4 is 15.4 Å². The van der Waals surface area contributed by atoms with Crippen molar-refractivity contribution in [3.63, 3.8) is 0 Å². The first-order valence-corrected chi connectivity index (χ1v) is 8.38. The number of benzene rings is 2. The van der Waals surface area contributed by atoms with E-state index in [1.54, 1.807) is 0 Å². The van der Waals surface area contributed by atoms with E-state index in [0.717, 1.165) is 29.1 Å². The van der Waals surface area contributed by atoms with Gasteiger partial charge in [0, 0.05) is 17.4 Å². The summed E-state index contributed by atoms with van der Waals surface area (Å²) in [6, 6.07) is 13.6. The van der Waals surface area contributed by atoms with E-state index in [9.17, 15) is 4.79 Å². The molecule has 0 aliphatic rings. The monoisotopic (exact) mass is 326 g/mol. The number of amides is 1. The minimum absolute atomic E-state index is 0.0815. The van der Waals surface area contributed by atoms with Crippen LogP contribution in [0.5, 0.6) is 5.75 Å². The van der Waals surface area contributed by atoms with Crippen molar-refractivity contribution in [1.82, 2.24) is 0 Å². The Balaban J connectivity index is 1.97. The molecule has 1 amide bonds. The Morgan fingerprint density at radius 2 is 1.92 bits per heavy atom. The quantitative estimate of drug-likeness (QED) is 0.793. The van der Waals surface area contributed by atoms with Gasteiger partial charge in [0.2, 0.25) is 5.91 Å². The van der Waals surface area contributed by atoms with Crippen molar-refractivity contribution in [1.29, 1.82) is 0 Å². The summed E-state index contributed by atoms with van der Waals surface area (Å²) in [6.45, 7) is 8.34. The lowest BCUT2D eigenvalue weighted by molar-refractivity contribution is -0.114. The number of ether oxygens (including phenoxy) is 1. The third-order valence-corrected chi connectivity index (χ3v) is 3.66. The number of carbonyl (C=O) groups is 1. The molecule has 0 saturated carbocycles. The van der Waals surface area contributed by atoms with E-state index in [2.05, 4.69) is 23.6 Å². The number of para-hydroxylation sites is 1. The average Bonchev–Trinajstić information content (AvgIpc) is 2.53. The molecule has 0 atom stereocenters. The summed E-state index contributed by atoms with van der Waals surface area (Å²) < 4.78 is 5.64. The van der Waals surface area contributed by atoms with Crippen molar-refractivity contribution in [2.45, 2.75) is 40.2 Å². The molecule has 0 aliphatic heterocycles. The Morgan fingerprint density at radius 1 is 1.17 bits per heavy atom. The van der Waals surface area contributed by atoms with Crippen molar-refractivity contribution >= 4 is 17.3 Å². The third-order valence-electron chi connectivity index (χ3n) is 3.66. The van der Waals surface area contributed by atoms with E-state index in [4.69, 9.17) is 4.74 Å². The van der Waals surface area contributed by atoms with Crippen LogP contribution in [0, 0.1) is 6.92 Å². The highest BCUT2D eigenvalue weighted by Gasteiger charge is 2.08. The largest absolute Gasteiger partial charge is 0.491 e. The normalized spacial score (nSPS) is 10.5. The van der Waals surface area contributed by atoms with Crippen LogP contribution in [0.3, 0.4) is 0 Å². The minimum atomic E-state index is -0.0815. The van der Waals surface area contributed by atoms with Gasteiger partial charge in [0.05, 0.1) is 12.6 Å². The Bertz CT molecular complexity index is 696. The fourth-order valence-electron chi connectivity index (χ4n) is 2.57. The lowest BCUT2D eigenvalue weighted by atomic mass is 10.1. The molecule has 0 fully saturated rings. The average molecular weight is 326 g/mol. The molecule has 0 saturated heterocycles. The lowest BCUT2D eigenvalue weighted by Gasteiger charge is -2.14. The Labute approximate surface area is 144 Å². The van der Waals surface area contributed by atoms with Crippen LogP contribution in [0.15, 0.2) is 42.5 Å².